The molecular weight excluding hydrogens is 246 g/mol. The molecule has 0 aromatic carbocycles. The molecule has 1 amide bonds. The van der Waals surface area contributed by atoms with Crippen LogP contribution in [-0.2, 0) is 6.54 Å². The highest BCUT2D eigenvalue weighted by Crippen LogP contribution is 2.14. The Hall–Kier alpha value is -2.37. The second-order valence-electron chi connectivity index (χ2n) is 3.92. The predicted octanol–water partition coefficient (Wildman–Crippen LogP) is 1.71. The molecule has 0 spiro atoms. The molecule has 19 heavy (non-hydrogen) atoms. The molecule has 0 fully saturated rings. The Morgan fingerprint density at radius 3 is 3.05 bits per heavy atom. The van der Waals surface area contributed by atoms with E-state index < -0.39 is 0 Å². The third kappa shape index (κ3) is 3.31. The van der Waals surface area contributed by atoms with E-state index in [4.69, 9.17) is 9.26 Å². The van der Waals surface area contributed by atoms with E-state index in [2.05, 4.69) is 15.5 Å². The highest BCUT2D eigenvalue weighted by atomic mass is 16.5. The highest BCUT2D eigenvalue weighted by Gasteiger charge is 2.12. The van der Waals surface area contributed by atoms with Gasteiger partial charge < -0.3 is 14.6 Å². The minimum Gasteiger partial charge on any atom is -0.478 e. The fraction of sp³-hybridized carbons (Fsp3) is 0.308. The van der Waals surface area contributed by atoms with Gasteiger partial charge in [-0.1, -0.05) is 11.2 Å². The van der Waals surface area contributed by atoms with Crippen molar-refractivity contribution in [2.45, 2.75) is 20.4 Å². The first-order chi connectivity index (χ1) is 9.20. The Morgan fingerprint density at radius 2 is 2.37 bits per heavy atom. The van der Waals surface area contributed by atoms with E-state index in [-0.39, 0.29) is 11.7 Å². The SMILES string of the molecule is CCOc1ncccc1CNC(=O)c1cc(C)no1. The maximum atomic E-state index is 11.8. The molecule has 2 rings (SSSR count). The van der Waals surface area contributed by atoms with Crippen molar-refractivity contribution in [1.29, 1.82) is 0 Å². The van der Waals surface area contributed by atoms with E-state index in [0.29, 0.717) is 24.7 Å². The van der Waals surface area contributed by atoms with Crippen LogP contribution < -0.4 is 10.1 Å². The van der Waals surface area contributed by atoms with Crippen LogP contribution in [0.2, 0.25) is 0 Å². The van der Waals surface area contributed by atoms with Crippen molar-refractivity contribution in [3.05, 3.63) is 41.4 Å². The van der Waals surface area contributed by atoms with Crippen LogP contribution in [0.25, 0.3) is 0 Å². The van der Waals surface area contributed by atoms with Crippen LogP contribution in [0.15, 0.2) is 28.9 Å². The van der Waals surface area contributed by atoms with Crippen molar-refractivity contribution in [1.82, 2.24) is 15.5 Å². The third-order valence-electron chi connectivity index (χ3n) is 2.42. The number of pyridine rings is 1. The summed E-state index contributed by atoms with van der Waals surface area (Å²) < 4.78 is 10.3. The molecule has 0 saturated heterocycles. The zero-order valence-electron chi connectivity index (χ0n) is 10.8. The van der Waals surface area contributed by atoms with Crippen molar-refractivity contribution in [3.63, 3.8) is 0 Å². The van der Waals surface area contributed by atoms with E-state index in [0.717, 1.165) is 5.56 Å². The first-order valence-corrected chi connectivity index (χ1v) is 5.99. The van der Waals surface area contributed by atoms with E-state index in [1.807, 2.05) is 13.0 Å². The third-order valence-corrected chi connectivity index (χ3v) is 2.42. The van der Waals surface area contributed by atoms with Crippen molar-refractivity contribution < 1.29 is 14.1 Å². The smallest absolute Gasteiger partial charge is 0.290 e. The Kier molecular flexibility index (Phi) is 4.12. The number of amides is 1. The molecule has 6 heteroatoms. The van der Waals surface area contributed by atoms with Gasteiger partial charge in [-0.15, -0.1) is 0 Å². The van der Waals surface area contributed by atoms with Crippen molar-refractivity contribution in [3.8, 4) is 5.88 Å². The monoisotopic (exact) mass is 261 g/mol. The number of carbonyl (C=O) groups excluding carboxylic acids is 1. The van der Waals surface area contributed by atoms with Gasteiger partial charge in [0.15, 0.2) is 0 Å². The molecule has 0 aliphatic rings. The topological polar surface area (TPSA) is 77.2 Å². The molecule has 0 aliphatic heterocycles. The molecule has 0 bridgehead atoms. The average molecular weight is 261 g/mol. The highest BCUT2D eigenvalue weighted by molar-refractivity contribution is 5.91. The fourth-order valence-electron chi connectivity index (χ4n) is 1.56. The number of aromatic nitrogens is 2. The minimum absolute atomic E-state index is 0.194. The fourth-order valence-corrected chi connectivity index (χ4v) is 1.56. The van der Waals surface area contributed by atoms with Gasteiger partial charge in [0, 0.05) is 24.4 Å². The number of hydrogen-bond donors (Lipinski definition) is 1. The lowest BCUT2D eigenvalue weighted by molar-refractivity contribution is 0.0913. The van der Waals surface area contributed by atoms with Crippen LogP contribution in [0.1, 0.15) is 28.7 Å². The lowest BCUT2D eigenvalue weighted by Crippen LogP contribution is -2.22. The first kappa shape index (κ1) is 13.1. The molecule has 1 N–H and O–H groups in total. The molecule has 0 unspecified atom stereocenters. The summed E-state index contributed by atoms with van der Waals surface area (Å²) in [6.45, 7) is 4.49. The molecule has 2 aromatic rings. The Bertz CT molecular complexity index is 566. The molecule has 0 saturated carbocycles. The van der Waals surface area contributed by atoms with Gasteiger partial charge in [-0.2, -0.15) is 0 Å². The summed E-state index contributed by atoms with van der Waals surface area (Å²) in [5.41, 5.74) is 1.48. The summed E-state index contributed by atoms with van der Waals surface area (Å²) in [6, 6.07) is 5.23. The maximum absolute atomic E-state index is 11.8. The number of aryl methyl sites for hydroxylation is 1. The summed E-state index contributed by atoms with van der Waals surface area (Å²) in [7, 11) is 0. The number of nitrogens with one attached hydrogen (secondary N) is 1. The standard InChI is InChI=1S/C13H15N3O3/c1-3-18-13-10(5-4-6-14-13)8-15-12(17)11-7-9(2)16-19-11/h4-7H,3,8H2,1-2H3,(H,15,17). The quantitative estimate of drug-likeness (QED) is 0.886. The number of hydrogen-bond acceptors (Lipinski definition) is 5. The van der Waals surface area contributed by atoms with Gasteiger partial charge in [0.25, 0.3) is 5.91 Å². The van der Waals surface area contributed by atoms with E-state index >= 15 is 0 Å². The van der Waals surface area contributed by atoms with Crippen LogP contribution in [0, 0.1) is 6.92 Å². The zero-order valence-corrected chi connectivity index (χ0v) is 10.8. The first-order valence-electron chi connectivity index (χ1n) is 5.99. The summed E-state index contributed by atoms with van der Waals surface area (Å²) in [5.74, 6) is 0.408. The zero-order chi connectivity index (χ0) is 13.7. The van der Waals surface area contributed by atoms with Gasteiger partial charge in [0.2, 0.25) is 11.6 Å². The van der Waals surface area contributed by atoms with Crippen LogP contribution in [0.3, 0.4) is 0 Å². The van der Waals surface area contributed by atoms with Crippen LogP contribution in [0.5, 0.6) is 5.88 Å². The molecule has 0 radical (unpaired) electrons. The van der Waals surface area contributed by atoms with Gasteiger partial charge in [0.05, 0.1) is 12.3 Å². The molecule has 0 aliphatic carbocycles. The average Bonchev–Trinajstić information content (AvgIpc) is 2.84. The second kappa shape index (κ2) is 5.99. The maximum Gasteiger partial charge on any atom is 0.290 e. The Balaban J connectivity index is 2.00. The number of nitrogens with zero attached hydrogens (tertiary/aromatic N) is 2. The Morgan fingerprint density at radius 1 is 1.53 bits per heavy atom. The largest absolute Gasteiger partial charge is 0.478 e. The van der Waals surface area contributed by atoms with Gasteiger partial charge in [-0.05, 0) is 19.9 Å². The lowest BCUT2D eigenvalue weighted by Gasteiger charge is -2.08. The molecule has 2 heterocycles. The predicted molar refractivity (Wildman–Crippen MR) is 67.8 cm³/mol. The van der Waals surface area contributed by atoms with Gasteiger partial charge in [-0.25, -0.2) is 4.98 Å². The van der Waals surface area contributed by atoms with Gasteiger partial charge >= 0.3 is 0 Å². The molecule has 100 valence electrons. The summed E-state index contributed by atoms with van der Waals surface area (Å²) in [5, 5.41) is 6.40. The summed E-state index contributed by atoms with van der Waals surface area (Å²) >= 11 is 0. The molecular formula is C13H15N3O3. The lowest BCUT2D eigenvalue weighted by atomic mass is 10.2. The molecule has 2 aromatic heterocycles. The summed E-state index contributed by atoms with van der Waals surface area (Å²) in [4.78, 5) is 15.9. The van der Waals surface area contributed by atoms with E-state index in [1.54, 1.807) is 25.3 Å². The van der Waals surface area contributed by atoms with Gasteiger partial charge in [-0.3, -0.25) is 4.79 Å². The minimum atomic E-state index is -0.313. The summed E-state index contributed by atoms with van der Waals surface area (Å²) in [6.07, 6.45) is 1.65. The molecule has 0 atom stereocenters. The van der Waals surface area contributed by atoms with E-state index in [9.17, 15) is 4.79 Å². The van der Waals surface area contributed by atoms with Crippen molar-refractivity contribution in [2.75, 3.05) is 6.61 Å². The Labute approximate surface area is 110 Å². The number of rotatable bonds is 5. The van der Waals surface area contributed by atoms with Crippen molar-refractivity contribution >= 4 is 5.91 Å². The number of carbonyl (C=O) groups is 1. The van der Waals surface area contributed by atoms with Crippen LogP contribution in [0.4, 0.5) is 0 Å². The number of ether oxygens (including phenoxy) is 1. The van der Waals surface area contributed by atoms with Crippen LogP contribution >= 0.6 is 0 Å². The van der Waals surface area contributed by atoms with Crippen LogP contribution in [-0.4, -0.2) is 22.7 Å². The normalized spacial score (nSPS) is 10.2. The van der Waals surface area contributed by atoms with E-state index in [1.165, 1.54) is 0 Å². The van der Waals surface area contributed by atoms with Gasteiger partial charge in [0.1, 0.15) is 0 Å². The second-order valence-corrected chi connectivity index (χ2v) is 3.92. The van der Waals surface area contributed by atoms with Crippen molar-refractivity contribution in [2.24, 2.45) is 0 Å². The molecule has 6 nitrogen and oxygen atoms in total.